The Hall–Kier alpha value is -0.480. The molecule has 0 saturated heterocycles. The van der Waals surface area contributed by atoms with Crippen LogP contribution < -0.4 is 0 Å². The summed E-state index contributed by atoms with van der Waals surface area (Å²) in [6.45, 7) is 2.04. The third-order valence-electron chi connectivity index (χ3n) is 1.55. The predicted molar refractivity (Wildman–Crippen MR) is 55.0 cm³/mol. The van der Waals surface area contributed by atoms with E-state index in [1.807, 2.05) is 6.92 Å². The highest BCUT2D eigenvalue weighted by Crippen LogP contribution is 2.07. The van der Waals surface area contributed by atoms with Gasteiger partial charge in [0.25, 0.3) is 0 Å². The maximum absolute atomic E-state index is 10.5. The molecule has 0 amide bonds. The number of thioether (sulfide) groups is 1. The van der Waals surface area contributed by atoms with Gasteiger partial charge in [-0.25, -0.2) is 4.79 Å². The van der Waals surface area contributed by atoms with Crippen LogP contribution in [0.5, 0.6) is 0 Å². The zero-order chi connectivity index (χ0) is 10.1. The lowest BCUT2D eigenvalue weighted by Gasteiger charge is -1.98. The molecule has 0 spiro atoms. The smallest absolute Gasteiger partial charge is 0.331 e. The minimum absolute atomic E-state index is 0.205. The summed E-state index contributed by atoms with van der Waals surface area (Å²) in [6, 6.07) is 0. The molecule has 0 unspecified atom stereocenters. The Bertz CT molecular complexity index is 178. The summed E-state index contributed by atoms with van der Waals surface area (Å²) < 4.78 is 0. The Kier molecular flexibility index (Phi) is 7.83. The third kappa shape index (κ3) is 6.66. The lowest BCUT2D eigenvalue weighted by Crippen LogP contribution is -1.99. The summed E-state index contributed by atoms with van der Waals surface area (Å²) in [5.74, 6) is 0.768. The van der Waals surface area contributed by atoms with Crippen molar-refractivity contribution in [3.05, 3.63) is 11.6 Å². The number of hydrogen-bond donors (Lipinski definition) is 2. The normalized spacial score (nSPS) is 11.7. The highest BCUT2D eigenvalue weighted by atomic mass is 32.2. The summed E-state index contributed by atoms with van der Waals surface area (Å²) in [5, 5.41) is 17.1. The van der Waals surface area contributed by atoms with Gasteiger partial charge in [0.2, 0.25) is 0 Å². The first-order valence-corrected chi connectivity index (χ1v) is 5.48. The summed E-state index contributed by atoms with van der Waals surface area (Å²) in [6.07, 6.45) is 3.08. The molecule has 0 fully saturated rings. The first kappa shape index (κ1) is 12.5. The molecule has 0 aromatic rings. The molecule has 0 aromatic carbocycles. The van der Waals surface area contributed by atoms with Gasteiger partial charge in [-0.05, 0) is 18.6 Å². The summed E-state index contributed by atoms with van der Waals surface area (Å²) in [5.41, 5.74) is 0.469. The molecule has 0 aliphatic carbocycles. The van der Waals surface area contributed by atoms with Gasteiger partial charge in [-0.2, -0.15) is 11.8 Å². The van der Waals surface area contributed by atoms with Crippen LogP contribution in [0, 0.1) is 0 Å². The second-order valence-corrected chi connectivity index (χ2v) is 3.69. The highest BCUT2D eigenvalue weighted by molar-refractivity contribution is 7.99. The maximum atomic E-state index is 10.5. The molecule has 76 valence electrons. The molecular formula is C9H16O3S. The second-order valence-electron chi connectivity index (χ2n) is 2.54. The number of aliphatic hydroxyl groups excluding tert-OH is 1. The molecule has 0 heterocycles. The van der Waals surface area contributed by atoms with Crippen molar-refractivity contribution in [3.63, 3.8) is 0 Å². The van der Waals surface area contributed by atoms with E-state index in [1.54, 1.807) is 17.8 Å². The zero-order valence-electron chi connectivity index (χ0n) is 7.82. The molecule has 0 bridgehead atoms. The Balaban J connectivity index is 3.61. The summed E-state index contributed by atoms with van der Waals surface area (Å²) in [4.78, 5) is 10.5. The Morgan fingerprint density at radius 3 is 2.69 bits per heavy atom. The van der Waals surface area contributed by atoms with E-state index in [0.717, 1.165) is 17.9 Å². The number of carboxylic acid groups (broad SMARTS) is 1. The first-order valence-electron chi connectivity index (χ1n) is 4.33. The van der Waals surface area contributed by atoms with Gasteiger partial charge in [0.15, 0.2) is 0 Å². The van der Waals surface area contributed by atoms with Gasteiger partial charge >= 0.3 is 5.97 Å². The van der Waals surface area contributed by atoms with Crippen LogP contribution in [-0.2, 0) is 4.79 Å². The molecule has 0 aromatic heterocycles. The molecule has 4 heteroatoms. The third-order valence-corrected chi connectivity index (χ3v) is 2.53. The average molecular weight is 204 g/mol. The van der Waals surface area contributed by atoms with Gasteiger partial charge in [-0.15, -0.1) is 0 Å². The van der Waals surface area contributed by atoms with E-state index < -0.39 is 5.97 Å². The molecular weight excluding hydrogens is 188 g/mol. The fourth-order valence-electron chi connectivity index (χ4n) is 0.792. The first-order chi connectivity index (χ1) is 6.22. The van der Waals surface area contributed by atoms with Gasteiger partial charge in [-0.1, -0.05) is 13.0 Å². The minimum atomic E-state index is -0.828. The van der Waals surface area contributed by atoms with E-state index in [9.17, 15) is 4.79 Å². The van der Waals surface area contributed by atoms with Crippen LogP contribution in [0.1, 0.15) is 19.8 Å². The Morgan fingerprint density at radius 2 is 2.23 bits per heavy atom. The summed E-state index contributed by atoms with van der Waals surface area (Å²) >= 11 is 1.64. The van der Waals surface area contributed by atoms with E-state index >= 15 is 0 Å². The van der Waals surface area contributed by atoms with E-state index in [2.05, 4.69) is 0 Å². The van der Waals surface area contributed by atoms with Crippen LogP contribution in [0.15, 0.2) is 11.6 Å². The number of carbonyl (C=O) groups is 1. The van der Waals surface area contributed by atoms with Gasteiger partial charge in [0.1, 0.15) is 0 Å². The molecule has 3 nitrogen and oxygen atoms in total. The monoisotopic (exact) mass is 204 g/mol. The van der Waals surface area contributed by atoms with Crippen molar-refractivity contribution >= 4 is 17.7 Å². The van der Waals surface area contributed by atoms with Gasteiger partial charge < -0.3 is 10.2 Å². The Labute approximate surface area is 82.8 Å². The van der Waals surface area contributed by atoms with Crippen LogP contribution in [0.4, 0.5) is 0 Å². The van der Waals surface area contributed by atoms with Crippen LogP contribution in [-0.4, -0.2) is 34.3 Å². The summed E-state index contributed by atoms with van der Waals surface area (Å²) in [7, 11) is 0. The molecule has 2 N–H and O–H groups in total. The number of rotatable bonds is 7. The topological polar surface area (TPSA) is 57.5 Å². The minimum Gasteiger partial charge on any atom is -0.478 e. The van der Waals surface area contributed by atoms with Gasteiger partial charge in [0, 0.05) is 17.9 Å². The molecule has 13 heavy (non-hydrogen) atoms. The van der Waals surface area contributed by atoms with Crippen molar-refractivity contribution in [2.75, 3.05) is 18.1 Å². The fraction of sp³-hybridized carbons (Fsp3) is 0.667. The highest BCUT2D eigenvalue weighted by Gasteiger charge is 2.02. The number of hydrogen-bond acceptors (Lipinski definition) is 3. The van der Waals surface area contributed by atoms with Crippen LogP contribution in [0.3, 0.4) is 0 Å². The average Bonchev–Trinajstić information content (AvgIpc) is 2.10. The molecule has 0 atom stereocenters. The van der Waals surface area contributed by atoms with E-state index in [4.69, 9.17) is 10.2 Å². The molecule has 0 rings (SSSR count). The van der Waals surface area contributed by atoms with Gasteiger partial charge in [-0.3, -0.25) is 0 Å². The van der Waals surface area contributed by atoms with Crippen LogP contribution in [0.25, 0.3) is 0 Å². The molecule has 0 radical (unpaired) electrons. The SMILES string of the molecule is CCC(=CCSCCCO)C(=O)O. The van der Waals surface area contributed by atoms with Crippen LogP contribution >= 0.6 is 11.8 Å². The zero-order valence-corrected chi connectivity index (χ0v) is 8.64. The molecule has 0 aliphatic heterocycles. The van der Waals surface area contributed by atoms with Crippen molar-refractivity contribution < 1.29 is 15.0 Å². The number of aliphatic carboxylic acids is 1. The van der Waals surface area contributed by atoms with E-state index in [0.29, 0.717) is 12.0 Å². The quantitative estimate of drug-likeness (QED) is 0.487. The van der Waals surface area contributed by atoms with Crippen molar-refractivity contribution in [2.24, 2.45) is 0 Å². The van der Waals surface area contributed by atoms with Crippen LogP contribution in [0.2, 0.25) is 0 Å². The number of carboxylic acids is 1. The predicted octanol–water partition coefficient (Wildman–Crippen LogP) is 1.52. The van der Waals surface area contributed by atoms with E-state index in [-0.39, 0.29) is 6.61 Å². The van der Waals surface area contributed by atoms with Crippen molar-refractivity contribution in [1.29, 1.82) is 0 Å². The second kappa shape index (κ2) is 8.13. The molecule has 0 saturated carbocycles. The fourth-order valence-corrected chi connectivity index (χ4v) is 1.61. The largest absolute Gasteiger partial charge is 0.478 e. The van der Waals surface area contributed by atoms with E-state index in [1.165, 1.54) is 0 Å². The van der Waals surface area contributed by atoms with Gasteiger partial charge in [0.05, 0.1) is 0 Å². The lowest BCUT2D eigenvalue weighted by molar-refractivity contribution is -0.132. The van der Waals surface area contributed by atoms with Crippen molar-refractivity contribution in [1.82, 2.24) is 0 Å². The standard InChI is InChI=1S/C9H16O3S/c1-2-8(9(11)12)4-7-13-6-3-5-10/h4,10H,2-3,5-7H2,1H3,(H,11,12). The van der Waals surface area contributed by atoms with Crippen molar-refractivity contribution in [3.8, 4) is 0 Å². The maximum Gasteiger partial charge on any atom is 0.331 e. The Morgan fingerprint density at radius 1 is 1.54 bits per heavy atom. The van der Waals surface area contributed by atoms with Crippen molar-refractivity contribution in [2.45, 2.75) is 19.8 Å². The lowest BCUT2D eigenvalue weighted by atomic mass is 10.2. The molecule has 0 aliphatic rings. The number of aliphatic hydroxyl groups is 1.